The molecular formula is C25H19BrFN3O2. The molecule has 0 atom stereocenters. The first-order chi connectivity index (χ1) is 15.5. The number of carbonyl (C=O) groups is 1. The van der Waals surface area contributed by atoms with Crippen molar-refractivity contribution in [1.29, 1.82) is 0 Å². The standard InChI is InChI=1S/C25H19BrFN3O2/c26-21-8-6-20(7-9-21)25(31)14-5-18-3-12-24(13-4-18)32-17-23-16-30(29-28-23)15-19-1-10-22(27)11-2-19/h1-14,16H,15,17H2/b14-5+. The Bertz CT molecular complexity index is 1220. The molecule has 0 bridgehead atoms. The van der Waals surface area contributed by atoms with Gasteiger partial charge >= 0.3 is 0 Å². The molecule has 0 unspecified atom stereocenters. The van der Waals surface area contributed by atoms with Crippen molar-refractivity contribution in [2.45, 2.75) is 13.2 Å². The molecule has 0 spiro atoms. The highest BCUT2D eigenvalue weighted by atomic mass is 79.9. The van der Waals surface area contributed by atoms with Gasteiger partial charge in [0, 0.05) is 10.0 Å². The van der Waals surface area contributed by atoms with Gasteiger partial charge in [-0.2, -0.15) is 0 Å². The van der Waals surface area contributed by atoms with Crippen LogP contribution in [0.1, 0.15) is 27.2 Å². The minimum Gasteiger partial charge on any atom is -0.487 e. The van der Waals surface area contributed by atoms with E-state index >= 15 is 0 Å². The van der Waals surface area contributed by atoms with Gasteiger partial charge in [-0.25, -0.2) is 9.07 Å². The van der Waals surface area contributed by atoms with E-state index in [0.29, 0.717) is 23.6 Å². The van der Waals surface area contributed by atoms with Crippen LogP contribution in [0.25, 0.3) is 6.08 Å². The van der Waals surface area contributed by atoms with Gasteiger partial charge in [-0.1, -0.05) is 51.5 Å². The third kappa shape index (κ3) is 5.98. The minimum atomic E-state index is -0.265. The smallest absolute Gasteiger partial charge is 0.185 e. The normalized spacial score (nSPS) is 11.1. The highest BCUT2D eigenvalue weighted by Gasteiger charge is 2.04. The molecule has 0 aliphatic rings. The third-order valence-corrected chi connectivity index (χ3v) is 5.20. The lowest BCUT2D eigenvalue weighted by atomic mass is 10.1. The summed E-state index contributed by atoms with van der Waals surface area (Å²) in [5.41, 5.74) is 3.16. The molecule has 0 saturated heterocycles. The molecule has 0 amide bonds. The molecule has 1 heterocycles. The highest BCUT2D eigenvalue weighted by Crippen LogP contribution is 2.16. The summed E-state index contributed by atoms with van der Waals surface area (Å²) < 4.78 is 21.4. The zero-order valence-corrected chi connectivity index (χ0v) is 18.6. The molecule has 0 aliphatic heterocycles. The van der Waals surface area contributed by atoms with E-state index in [1.165, 1.54) is 12.1 Å². The number of carbonyl (C=O) groups excluding carboxylic acids is 1. The van der Waals surface area contributed by atoms with Crippen molar-refractivity contribution in [1.82, 2.24) is 15.0 Å². The summed E-state index contributed by atoms with van der Waals surface area (Å²) in [5, 5.41) is 8.19. The summed E-state index contributed by atoms with van der Waals surface area (Å²) in [5.74, 6) is 0.371. The van der Waals surface area contributed by atoms with E-state index in [9.17, 15) is 9.18 Å². The van der Waals surface area contributed by atoms with Crippen molar-refractivity contribution in [3.05, 3.63) is 118 Å². The van der Waals surface area contributed by atoms with Crippen molar-refractivity contribution in [2.75, 3.05) is 0 Å². The van der Waals surface area contributed by atoms with Crippen LogP contribution in [-0.2, 0) is 13.2 Å². The van der Waals surface area contributed by atoms with Gasteiger partial charge in [0.15, 0.2) is 5.78 Å². The molecule has 4 aromatic rings. The van der Waals surface area contributed by atoms with Crippen LogP contribution in [-0.4, -0.2) is 20.8 Å². The monoisotopic (exact) mass is 491 g/mol. The number of ketones is 1. The van der Waals surface area contributed by atoms with Crippen LogP contribution in [0.4, 0.5) is 4.39 Å². The third-order valence-electron chi connectivity index (χ3n) is 4.67. The summed E-state index contributed by atoms with van der Waals surface area (Å²) >= 11 is 3.36. The van der Waals surface area contributed by atoms with Crippen molar-refractivity contribution in [2.24, 2.45) is 0 Å². The topological polar surface area (TPSA) is 57.0 Å². The minimum absolute atomic E-state index is 0.0541. The molecule has 5 nitrogen and oxygen atoms in total. The Balaban J connectivity index is 1.29. The average molecular weight is 492 g/mol. The largest absolute Gasteiger partial charge is 0.487 e. The number of hydrogen-bond acceptors (Lipinski definition) is 4. The highest BCUT2D eigenvalue weighted by molar-refractivity contribution is 9.10. The fourth-order valence-corrected chi connectivity index (χ4v) is 3.24. The number of ether oxygens (including phenoxy) is 1. The van der Waals surface area contributed by atoms with E-state index < -0.39 is 0 Å². The predicted molar refractivity (Wildman–Crippen MR) is 124 cm³/mol. The zero-order valence-electron chi connectivity index (χ0n) is 17.0. The van der Waals surface area contributed by atoms with Gasteiger partial charge in [0.1, 0.15) is 23.9 Å². The first kappa shape index (κ1) is 21.6. The summed E-state index contributed by atoms with van der Waals surface area (Å²) in [6.45, 7) is 0.786. The van der Waals surface area contributed by atoms with E-state index in [2.05, 4.69) is 26.2 Å². The van der Waals surface area contributed by atoms with Gasteiger partial charge in [0.2, 0.25) is 0 Å². The molecule has 0 aliphatic carbocycles. The van der Waals surface area contributed by atoms with Crippen molar-refractivity contribution in [3.63, 3.8) is 0 Å². The van der Waals surface area contributed by atoms with Crippen molar-refractivity contribution >= 4 is 27.8 Å². The number of allylic oxidation sites excluding steroid dienone is 1. The number of nitrogens with zero attached hydrogens (tertiary/aromatic N) is 3. The van der Waals surface area contributed by atoms with Gasteiger partial charge in [-0.3, -0.25) is 4.79 Å². The van der Waals surface area contributed by atoms with E-state index in [1.54, 1.807) is 47.3 Å². The van der Waals surface area contributed by atoms with Crippen LogP contribution in [0.15, 0.2) is 89.5 Å². The van der Waals surface area contributed by atoms with E-state index in [4.69, 9.17) is 4.74 Å². The van der Waals surface area contributed by atoms with Crippen molar-refractivity contribution in [3.8, 4) is 5.75 Å². The van der Waals surface area contributed by atoms with Crippen LogP contribution in [0.3, 0.4) is 0 Å². The first-order valence-corrected chi connectivity index (χ1v) is 10.7. The van der Waals surface area contributed by atoms with Gasteiger partial charge in [0.25, 0.3) is 0 Å². The van der Waals surface area contributed by atoms with Crippen LogP contribution in [0, 0.1) is 5.82 Å². The van der Waals surface area contributed by atoms with Crippen LogP contribution < -0.4 is 4.74 Å². The Kier molecular flexibility index (Phi) is 6.87. The quantitative estimate of drug-likeness (QED) is 0.234. The maximum atomic E-state index is 13.0. The predicted octanol–water partition coefficient (Wildman–Crippen LogP) is 5.70. The van der Waals surface area contributed by atoms with E-state index in [-0.39, 0.29) is 18.2 Å². The Hall–Kier alpha value is -3.58. The molecule has 0 N–H and O–H groups in total. The molecule has 7 heteroatoms. The van der Waals surface area contributed by atoms with Gasteiger partial charge in [-0.05, 0) is 65.7 Å². The summed E-state index contributed by atoms with van der Waals surface area (Å²) in [4.78, 5) is 12.2. The maximum absolute atomic E-state index is 13.0. The lowest BCUT2D eigenvalue weighted by molar-refractivity contribution is 0.104. The summed E-state index contributed by atoms with van der Waals surface area (Å²) in [6, 6.07) is 21.0. The number of halogens is 2. The molecule has 4 rings (SSSR count). The molecule has 32 heavy (non-hydrogen) atoms. The van der Waals surface area contributed by atoms with Crippen molar-refractivity contribution < 1.29 is 13.9 Å². The number of hydrogen-bond donors (Lipinski definition) is 0. The lowest BCUT2D eigenvalue weighted by Crippen LogP contribution is -2.00. The Morgan fingerprint density at radius 3 is 2.44 bits per heavy atom. The molecular weight excluding hydrogens is 473 g/mol. The molecule has 160 valence electrons. The van der Waals surface area contributed by atoms with Crippen LogP contribution in [0.2, 0.25) is 0 Å². The van der Waals surface area contributed by atoms with Gasteiger partial charge in [-0.15, -0.1) is 5.10 Å². The first-order valence-electron chi connectivity index (χ1n) is 9.89. The number of rotatable bonds is 8. The molecule has 0 saturated carbocycles. The Morgan fingerprint density at radius 1 is 1.00 bits per heavy atom. The fourth-order valence-electron chi connectivity index (χ4n) is 2.97. The summed E-state index contributed by atoms with van der Waals surface area (Å²) in [7, 11) is 0. The zero-order chi connectivity index (χ0) is 22.3. The number of aromatic nitrogens is 3. The SMILES string of the molecule is O=C(/C=C/c1ccc(OCc2cn(Cc3ccc(F)cc3)nn2)cc1)c1ccc(Br)cc1. The Labute approximate surface area is 193 Å². The second kappa shape index (κ2) is 10.2. The maximum Gasteiger partial charge on any atom is 0.185 e. The summed E-state index contributed by atoms with van der Waals surface area (Å²) in [6.07, 6.45) is 5.13. The second-order valence-electron chi connectivity index (χ2n) is 7.10. The van der Waals surface area contributed by atoms with Gasteiger partial charge < -0.3 is 4.74 Å². The number of benzene rings is 3. The van der Waals surface area contributed by atoms with Crippen LogP contribution >= 0.6 is 15.9 Å². The molecule has 0 radical (unpaired) electrons. The average Bonchev–Trinajstić information content (AvgIpc) is 3.26. The van der Waals surface area contributed by atoms with Gasteiger partial charge in [0.05, 0.1) is 12.7 Å². The Morgan fingerprint density at radius 2 is 1.72 bits per heavy atom. The molecule has 3 aromatic carbocycles. The fraction of sp³-hybridized carbons (Fsp3) is 0.0800. The van der Waals surface area contributed by atoms with E-state index in [1.807, 2.05) is 36.4 Å². The van der Waals surface area contributed by atoms with E-state index in [0.717, 1.165) is 15.6 Å². The molecule has 0 fully saturated rings. The second-order valence-corrected chi connectivity index (χ2v) is 8.01. The molecule has 1 aromatic heterocycles. The lowest BCUT2D eigenvalue weighted by Gasteiger charge is -2.04. The van der Waals surface area contributed by atoms with Crippen LogP contribution in [0.5, 0.6) is 5.75 Å².